The van der Waals surface area contributed by atoms with Crippen molar-refractivity contribution in [3.63, 3.8) is 0 Å². The molecule has 29 heavy (non-hydrogen) atoms. The molecule has 0 aliphatic carbocycles. The van der Waals surface area contributed by atoms with Gasteiger partial charge in [-0.3, -0.25) is 4.79 Å². The highest BCUT2D eigenvalue weighted by atomic mass is 79.9. The highest BCUT2D eigenvalue weighted by Crippen LogP contribution is 2.42. The molecule has 0 unspecified atom stereocenters. The first-order valence-electron chi connectivity index (χ1n) is 9.05. The first-order chi connectivity index (χ1) is 13.8. The molecular weight excluding hydrogens is 498 g/mol. The minimum atomic E-state index is -0.142. The third-order valence-corrected chi connectivity index (χ3v) is 5.65. The van der Waals surface area contributed by atoms with E-state index >= 15 is 0 Å². The van der Waals surface area contributed by atoms with E-state index in [1.807, 2.05) is 24.3 Å². The van der Waals surface area contributed by atoms with E-state index in [1.165, 1.54) is 0 Å². The number of hydrogen-bond donors (Lipinski definition) is 1. The van der Waals surface area contributed by atoms with Crippen molar-refractivity contribution >= 4 is 43.3 Å². The molecule has 0 fully saturated rings. The molecule has 3 aromatic rings. The normalized spacial score (nSPS) is 10.8. The van der Waals surface area contributed by atoms with Crippen LogP contribution in [0.2, 0.25) is 0 Å². The standard InChI is InChI=1S/C23H21Br2NO3/c1-13(2)16-11-21(29-23-18(24)9-15(26)10-19(23)25)17(12-20(16)28-3)22(27)14-7-5-4-6-8-14/h4-13H,26H2,1-3H3. The van der Waals surface area contributed by atoms with Crippen LogP contribution in [-0.4, -0.2) is 12.9 Å². The van der Waals surface area contributed by atoms with Gasteiger partial charge in [0.25, 0.3) is 0 Å². The third kappa shape index (κ3) is 4.65. The summed E-state index contributed by atoms with van der Waals surface area (Å²) in [5.74, 6) is 1.70. The summed E-state index contributed by atoms with van der Waals surface area (Å²) in [6, 6.07) is 16.2. The molecule has 0 aliphatic heterocycles. The maximum Gasteiger partial charge on any atom is 0.196 e. The van der Waals surface area contributed by atoms with Crippen molar-refractivity contribution in [2.75, 3.05) is 12.8 Å². The Labute approximate surface area is 187 Å². The molecule has 0 aliphatic rings. The van der Waals surface area contributed by atoms with Crippen molar-refractivity contribution in [1.82, 2.24) is 0 Å². The number of ether oxygens (including phenoxy) is 2. The molecule has 3 rings (SSSR count). The Morgan fingerprint density at radius 1 is 0.966 bits per heavy atom. The number of rotatable bonds is 6. The van der Waals surface area contributed by atoms with Crippen LogP contribution in [0.1, 0.15) is 41.3 Å². The third-order valence-electron chi connectivity index (χ3n) is 4.47. The number of methoxy groups -OCH3 is 1. The van der Waals surface area contributed by atoms with Gasteiger partial charge in [-0.1, -0.05) is 44.2 Å². The second-order valence-corrected chi connectivity index (χ2v) is 8.56. The number of hydrogen-bond acceptors (Lipinski definition) is 4. The van der Waals surface area contributed by atoms with Crippen LogP contribution < -0.4 is 15.2 Å². The van der Waals surface area contributed by atoms with Crippen molar-refractivity contribution < 1.29 is 14.3 Å². The molecular formula is C23H21Br2NO3. The maximum absolute atomic E-state index is 13.3. The Hall–Kier alpha value is -2.31. The fraction of sp³-hybridized carbons (Fsp3) is 0.174. The van der Waals surface area contributed by atoms with Crippen molar-refractivity contribution in [3.05, 3.63) is 80.2 Å². The van der Waals surface area contributed by atoms with Crippen LogP contribution in [0.25, 0.3) is 0 Å². The van der Waals surface area contributed by atoms with Crippen LogP contribution >= 0.6 is 31.9 Å². The Balaban J connectivity index is 2.18. The van der Waals surface area contributed by atoms with Crippen LogP contribution in [0, 0.1) is 0 Å². The predicted molar refractivity (Wildman–Crippen MR) is 123 cm³/mol. The Morgan fingerprint density at radius 3 is 2.14 bits per heavy atom. The molecule has 6 heteroatoms. The van der Waals surface area contributed by atoms with Crippen molar-refractivity contribution in [2.24, 2.45) is 0 Å². The van der Waals surface area contributed by atoms with E-state index in [1.54, 1.807) is 37.4 Å². The zero-order valence-electron chi connectivity index (χ0n) is 16.3. The van der Waals surface area contributed by atoms with Gasteiger partial charge in [-0.05, 0) is 62.0 Å². The van der Waals surface area contributed by atoms with Crippen molar-refractivity contribution in [1.29, 1.82) is 0 Å². The molecule has 0 bridgehead atoms. The highest BCUT2D eigenvalue weighted by molar-refractivity contribution is 9.11. The number of nitrogens with two attached hydrogens (primary N) is 1. The van der Waals surface area contributed by atoms with Crippen molar-refractivity contribution in [3.8, 4) is 17.2 Å². The van der Waals surface area contributed by atoms with Gasteiger partial charge in [0.2, 0.25) is 0 Å². The summed E-state index contributed by atoms with van der Waals surface area (Å²) < 4.78 is 13.2. The van der Waals surface area contributed by atoms with Gasteiger partial charge >= 0.3 is 0 Å². The summed E-state index contributed by atoms with van der Waals surface area (Å²) >= 11 is 6.99. The smallest absolute Gasteiger partial charge is 0.196 e. The quantitative estimate of drug-likeness (QED) is 0.283. The van der Waals surface area contributed by atoms with Gasteiger partial charge in [0.15, 0.2) is 11.5 Å². The Bertz CT molecular complexity index is 1030. The maximum atomic E-state index is 13.3. The number of nitrogen functional groups attached to an aromatic ring is 1. The molecule has 3 aromatic carbocycles. The summed E-state index contributed by atoms with van der Waals surface area (Å²) in [6.07, 6.45) is 0. The number of carbonyl (C=O) groups is 1. The highest BCUT2D eigenvalue weighted by Gasteiger charge is 2.22. The van der Waals surface area contributed by atoms with Gasteiger partial charge in [-0.2, -0.15) is 0 Å². The fourth-order valence-corrected chi connectivity index (χ4v) is 4.38. The van der Waals surface area contributed by atoms with Crippen molar-refractivity contribution in [2.45, 2.75) is 19.8 Å². The largest absolute Gasteiger partial charge is 0.496 e. The average molecular weight is 519 g/mol. The topological polar surface area (TPSA) is 61.5 Å². The van der Waals surface area contributed by atoms with E-state index in [-0.39, 0.29) is 11.7 Å². The first-order valence-corrected chi connectivity index (χ1v) is 10.6. The SMILES string of the molecule is COc1cc(C(=O)c2ccccc2)c(Oc2c(Br)cc(N)cc2Br)cc1C(C)C. The second kappa shape index (κ2) is 9.01. The molecule has 0 radical (unpaired) electrons. The first kappa shape index (κ1) is 21.4. The lowest BCUT2D eigenvalue weighted by molar-refractivity contribution is 0.103. The van der Waals surface area contributed by atoms with Gasteiger partial charge in [0, 0.05) is 16.8 Å². The summed E-state index contributed by atoms with van der Waals surface area (Å²) in [5, 5.41) is 0. The molecule has 0 spiro atoms. The van der Waals surface area contributed by atoms with Crippen LogP contribution in [0.3, 0.4) is 0 Å². The molecule has 4 nitrogen and oxygen atoms in total. The summed E-state index contributed by atoms with van der Waals surface area (Å²) in [7, 11) is 1.60. The summed E-state index contributed by atoms with van der Waals surface area (Å²) in [4.78, 5) is 13.3. The van der Waals surface area contributed by atoms with Crippen LogP contribution in [0.4, 0.5) is 5.69 Å². The van der Waals surface area contributed by atoms with Gasteiger partial charge in [0.05, 0.1) is 21.6 Å². The summed E-state index contributed by atoms with van der Waals surface area (Å²) in [5.41, 5.74) is 8.44. The molecule has 0 amide bonds. The molecule has 0 aromatic heterocycles. The predicted octanol–water partition coefficient (Wildman–Crippen LogP) is 6.95. The number of anilines is 1. The molecule has 150 valence electrons. The van der Waals surface area contributed by atoms with Gasteiger partial charge in [-0.15, -0.1) is 0 Å². The van der Waals surface area contributed by atoms with Crippen LogP contribution in [0.5, 0.6) is 17.2 Å². The average Bonchev–Trinajstić information content (AvgIpc) is 2.70. The fourth-order valence-electron chi connectivity index (χ4n) is 3.00. The van der Waals surface area contributed by atoms with Crippen LogP contribution in [-0.2, 0) is 0 Å². The van der Waals surface area contributed by atoms with Gasteiger partial charge in [-0.25, -0.2) is 0 Å². The monoisotopic (exact) mass is 517 g/mol. The number of ketones is 1. The molecule has 0 heterocycles. The minimum absolute atomic E-state index is 0.142. The molecule has 0 saturated carbocycles. The van der Waals surface area contributed by atoms with E-state index in [4.69, 9.17) is 15.2 Å². The van der Waals surface area contributed by atoms with Gasteiger partial charge < -0.3 is 15.2 Å². The van der Waals surface area contributed by atoms with E-state index in [2.05, 4.69) is 45.7 Å². The summed E-state index contributed by atoms with van der Waals surface area (Å²) in [6.45, 7) is 4.13. The zero-order valence-corrected chi connectivity index (χ0v) is 19.5. The number of carbonyl (C=O) groups excluding carboxylic acids is 1. The molecule has 0 saturated heterocycles. The lowest BCUT2D eigenvalue weighted by Crippen LogP contribution is -2.07. The van der Waals surface area contributed by atoms with E-state index < -0.39 is 0 Å². The Kier molecular flexibility index (Phi) is 6.65. The molecule has 0 atom stereocenters. The van der Waals surface area contributed by atoms with E-state index in [0.717, 1.165) is 5.56 Å². The number of halogens is 2. The second-order valence-electron chi connectivity index (χ2n) is 6.86. The van der Waals surface area contributed by atoms with Gasteiger partial charge in [0.1, 0.15) is 11.5 Å². The van der Waals surface area contributed by atoms with Crippen LogP contribution in [0.15, 0.2) is 63.5 Å². The number of benzene rings is 3. The van der Waals surface area contributed by atoms with E-state index in [0.29, 0.717) is 43.0 Å². The molecule has 2 N–H and O–H groups in total. The lowest BCUT2D eigenvalue weighted by atomic mass is 9.95. The zero-order chi connectivity index (χ0) is 21.1. The Morgan fingerprint density at radius 2 is 1.59 bits per heavy atom. The minimum Gasteiger partial charge on any atom is -0.496 e. The van der Waals surface area contributed by atoms with E-state index in [9.17, 15) is 4.79 Å². The lowest BCUT2D eigenvalue weighted by Gasteiger charge is -2.19.